The van der Waals surface area contributed by atoms with Crippen molar-refractivity contribution in [2.45, 2.75) is 111 Å². The van der Waals surface area contributed by atoms with Crippen molar-refractivity contribution in [1.82, 2.24) is 0 Å². The maximum Gasteiger partial charge on any atom is -1.00 e. The summed E-state index contributed by atoms with van der Waals surface area (Å²) < 4.78 is 0. The molecule has 5 heteroatoms. The molecule has 1 aliphatic carbocycles. The fraction of sp³-hybridized carbons (Fsp3) is 0.375. The van der Waals surface area contributed by atoms with Crippen LogP contribution >= 0.6 is 0 Å². The van der Waals surface area contributed by atoms with Gasteiger partial charge in [-0.15, -0.1) is 68.6 Å². The second kappa shape index (κ2) is 19.7. The SMILES string of the molecule is CC1CCC(c2c(-c3ccc(C(C)(C)C)cc3)[cH-]c3ccccc23)CC1.CCc1cc2c(-c3ccc([Si](C)(C)C)cc3)cccc2[cH-]1.C[Si](C)=[Zr+2].[Cl-].[Cl-]. The van der Waals surface area contributed by atoms with Crippen LogP contribution in [0.2, 0.25) is 32.7 Å². The molecule has 0 nitrogen and oxygen atoms in total. The first kappa shape index (κ1) is 45.4. The Morgan fingerprint density at radius 1 is 0.717 bits per heavy atom. The predicted molar refractivity (Wildman–Crippen MR) is 229 cm³/mol. The summed E-state index contributed by atoms with van der Waals surface area (Å²) >= 11 is 1.74. The first-order valence-corrected chi connectivity index (χ1v) is 28.9. The molecule has 0 bridgehead atoms. The Kier molecular flexibility index (Phi) is 16.9. The summed E-state index contributed by atoms with van der Waals surface area (Å²) in [5.74, 6) is 1.60. The number of fused-ring (bicyclic) bond motifs is 2. The monoisotopic (exact) mass is 852 g/mol. The standard InChI is InChI=1S/C26H31.C20H23Si.C2H6Si.2ClH.Zr/c1-18-9-11-20(12-10-18)25-23-8-6-5-7-21(23)17-24(25)19-13-15-22(16-14-19)26(2,3)4;1-5-15-13-17-7-6-8-19(20(17)14-15)16-9-11-18(12-10-16)21(2,3)4;1-3-2;;;/h5-8,13-18,20H,9-12H2,1-4H3;6-14H,5H2,1-4H3;1-2H3;2*1H;/q2*-1;;;;+2/p-2. The third-order valence-corrected chi connectivity index (χ3v) is 12.7. The average Bonchev–Trinajstić information content (AvgIpc) is 3.70. The van der Waals surface area contributed by atoms with Crippen LogP contribution in [0.1, 0.15) is 82.9 Å². The van der Waals surface area contributed by atoms with Crippen molar-refractivity contribution in [3.05, 3.63) is 126 Å². The number of rotatable bonds is 5. The molecule has 0 radical (unpaired) electrons. The van der Waals surface area contributed by atoms with E-state index in [4.69, 9.17) is 0 Å². The first-order chi connectivity index (χ1) is 24.2. The molecule has 7 rings (SSSR count). The Bertz CT molecular complexity index is 2040. The van der Waals surface area contributed by atoms with E-state index in [0.29, 0.717) is 5.92 Å². The summed E-state index contributed by atoms with van der Waals surface area (Å²) in [5.41, 5.74) is 10.4. The van der Waals surface area contributed by atoms with E-state index in [0.717, 1.165) is 12.3 Å². The van der Waals surface area contributed by atoms with Crippen LogP contribution in [-0.4, -0.2) is 13.5 Å². The van der Waals surface area contributed by atoms with E-state index in [1.807, 2.05) is 0 Å². The molecule has 0 amide bonds. The van der Waals surface area contributed by atoms with E-state index in [-0.39, 0.29) is 35.7 Å². The minimum Gasteiger partial charge on any atom is -1.00 e. The molecule has 6 aromatic rings. The van der Waals surface area contributed by atoms with Gasteiger partial charge in [0.2, 0.25) is 0 Å². The molecule has 280 valence electrons. The van der Waals surface area contributed by atoms with E-state index < -0.39 is 8.07 Å². The van der Waals surface area contributed by atoms with Gasteiger partial charge in [0, 0.05) is 0 Å². The molecule has 0 spiro atoms. The van der Waals surface area contributed by atoms with Crippen LogP contribution in [0.25, 0.3) is 43.8 Å². The molecule has 1 saturated carbocycles. The molecule has 0 aliphatic heterocycles. The second-order valence-electron chi connectivity index (χ2n) is 17.2. The van der Waals surface area contributed by atoms with Crippen molar-refractivity contribution in [2.24, 2.45) is 5.92 Å². The van der Waals surface area contributed by atoms with Crippen LogP contribution in [0.3, 0.4) is 0 Å². The minimum atomic E-state index is -1.21. The van der Waals surface area contributed by atoms with Gasteiger partial charge in [0.25, 0.3) is 0 Å². The smallest absolute Gasteiger partial charge is 1.00 e. The molecule has 0 atom stereocenters. The zero-order valence-corrected chi connectivity index (χ0v) is 39.8. The zero-order chi connectivity index (χ0) is 36.9. The molecule has 0 N–H and O–H groups in total. The average molecular weight is 855 g/mol. The van der Waals surface area contributed by atoms with Gasteiger partial charge in [-0.2, -0.15) is 6.07 Å². The van der Waals surface area contributed by atoms with Crippen molar-refractivity contribution < 1.29 is 48.1 Å². The summed E-state index contributed by atoms with van der Waals surface area (Å²) in [5, 5.41) is 7.14. The van der Waals surface area contributed by atoms with Gasteiger partial charge in [-0.25, -0.2) is 0 Å². The Hall–Kier alpha value is -2.00. The third-order valence-electron chi connectivity index (χ3n) is 10.6. The van der Waals surface area contributed by atoms with Crippen LogP contribution in [-0.2, 0) is 35.2 Å². The van der Waals surface area contributed by atoms with E-state index in [1.165, 1.54) is 85.8 Å². The molecule has 6 aromatic carbocycles. The van der Waals surface area contributed by atoms with Crippen molar-refractivity contribution >= 4 is 40.2 Å². The number of hydrogen-bond donors (Lipinski definition) is 0. The van der Waals surface area contributed by atoms with Gasteiger partial charge in [-0.05, 0) is 34.8 Å². The normalized spacial score (nSPS) is 15.7. The number of hydrogen-bond acceptors (Lipinski definition) is 0. The van der Waals surface area contributed by atoms with Crippen molar-refractivity contribution in [2.75, 3.05) is 0 Å². The van der Waals surface area contributed by atoms with Gasteiger partial charge >= 0.3 is 41.9 Å². The molecular formula is C48H60Cl2Si2Zr-2. The van der Waals surface area contributed by atoms with Crippen LogP contribution in [0, 0.1) is 5.92 Å². The maximum atomic E-state index is 2.43. The predicted octanol–water partition coefficient (Wildman–Crippen LogP) is 7.94. The Morgan fingerprint density at radius 3 is 1.83 bits per heavy atom. The third kappa shape index (κ3) is 11.8. The minimum absolute atomic E-state index is 0. The molecule has 0 saturated heterocycles. The van der Waals surface area contributed by atoms with Crippen LogP contribution < -0.4 is 30.0 Å². The Morgan fingerprint density at radius 2 is 1.26 bits per heavy atom. The molecular weight excluding hydrogens is 795 g/mol. The number of halogens is 2. The Labute approximate surface area is 350 Å². The quantitative estimate of drug-likeness (QED) is 0.122. The number of aryl methyl sites for hydroxylation is 1. The fourth-order valence-corrected chi connectivity index (χ4v) is 8.69. The van der Waals surface area contributed by atoms with Crippen LogP contribution in [0.5, 0.6) is 0 Å². The largest absolute Gasteiger partial charge is 1.00 e. The zero-order valence-electron chi connectivity index (χ0n) is 33.8. The van der Waals surface area contributed by atoms with E-state index in [9.17, 15) is 0 Å². The number of benzene rings is 4. The van der Waals surface area contributed by atoms with Gasteiger partial charge in [-0.1, -0.05) is 169 Å². The summed E-state index contributed by atoms with van der Waals surface area (Å²) in [7, 11) is -1.21. The van der Waals surface area contributed by atoms with Crippen molar-refractivity contribution in [3.8, 4) is 22.3 Å². The molecule has 1 fully saturated rings. The Balaban J connectivity index is 0.000000255. The molecule has 0 heterocycles. The topological polar surface area (TPSA) is 0 Å². The molecule has 53 heavy (non-hydrogen) atoms. The first-order valence-electron chi connectivity index (χ1n) is 19.3. The maximum absolute atomic E-state index is 2.43. The summed E-state index contributed by atoms with van der Waals surface area (Å²) in [6.07, 6.45) is 6.51. The summed E-state index contributed by atoms with van der Waals surface area (Å²) in [6, 6.07) is 41.2. The van der Waals surface area contributed by atoms with Crippen LogP contribution in [0.4, 0.5) is 0 Å². The summed E-state index contributed by atoms with van der Waals surface area (Å²) in [6.45, 7) is 23.3. The van der Waals surface area contributed by atoms with Gasteiger partial charge < -0.3 is 24.8 Å². The van der Waals surface area contributed by atoms with E-state index in [2.05, 4.69) is 177 Å². The van der Waals surface area contributed by atoms with Gasteiger partial charge in [0.15, 0.2) is 0 Å². The second-order valence-corrected chi connectivity index (χ2v) is 31.6. The van der Waals surface area contributed by atoms with Crippen LogP contribution in [0.15, 0.2) is 109 Å². The summed E-state index contributed by atoms with van der Waals surface area (Å²) in [4.78, 5) is 0. The molecule has 1 aliphatic rings. The van der Waals surface area contributed by atoms with Gasteiger partial charge in [0.05, 0.1) is 8.07 Å². The molecule has 0 aromatic heterocycles. The molecule has 0 unspecified atom stereocenters. The van der Waals surface area contributed by atoms with E-state index in [1.54, 1.807) is 28.9 Å². The van der Waals surface area contributed by atoms with E-state index >= 15 is 0 Å². The van der Waals surface area contributed by atoms with Gasteiger partial charge in [-0.3, -0.25) is 0 Å². The van der Waals surface area contributed by atoms with Crippen molar-refractivity contribution in [3.63, 3.8) is 0 Å². The fourth-order valence-electron chi connectivity index (χ4n) is 7.53. The van der Waals surface area contributed by atoms with Crippen molar-refractivity contribution in [1.29, 1.82) is 0 Å². The van der Waals surface area contributed by atoms with Gasteiger partial charge in [0.1, 0.15) is 0 Å².